The second-order valence-electron chi connectivity index (χ2n) is 7.36. The van der Waals surface area contributed by atoms with Crippen LogP contribution in [0.4, 0.5) is 0 Å². The van der Waals surface area contributed by atoms with Gasteiger partial charge in [0.15, 0.2) is 0 Å². The maximum Gasteiger partial charge on any atom is 0.116 e. The lowest BCUT2D eigenvalue weighted by molar-refractivity contribution is 0.477. The molecule has 0 N–H and O–H groups in total. The van der Waals surface area contributed by atoms with Gasteiger partial charge in [-0.15, -0.1) is 0 Å². The Balaban J connectivity index is 1.89. The first kappa shape index (κ1) is 19.6. The van der Waals surface area contributed by atoms with Gasteiger partial charge >= 0.3 is 0 Å². The summed E-state index contributed by atoms with van der Waals surface area (Å²) in [6.07, 6.45) is 2.17. The zero-order valence-electron chi connectivity index (χ0n) is 17.3. The fraction of sp³-hybridized carbons (Fsp3) is 0.103. The van der Waals surface area contributed by atoms with E-state index in [0.717, 1.165) is 39.3 Å². The van der Waals surface area contributed by atoms with Gasteiger partial charge < -0.3 is 4.42 Å². The van der Waals surface area contributed by atoms with E-state index >= 15 is 0 Å². The Morgan fingerprint density at radius 3 is 2.00 bits per heavy atom. The van der Waals surface area contributed by atoms with Crippen LogP contribution in [0.5, 0.6) is 0 Å². The van der Waals surface area contributed by atoms with Crippen LogP contribution in [0.15, 0.2) is 107 Å². The van der Waals surface area contributed by atoms with Crippen molar-refractivity contribution in [2.75, 3.05) is 0 Å². The molecule has 146 valence electrons. The number of furan rings is 1. The van der Waals surface area contributed by atoms with E-state index in [9.17, 15) is 0 Å². The van der Waals surface area contributed by atoms with Crippen molar-refractivity contribution < 1.29 is 4.42 Å². The molecule has 30 heavy (non-hydrogen) atoms. The average Bonchev–Trinajstić information content (AvgIpc) is 3.12. The average molecular weight is 389 g/mol. The lowest BCUT2D eigenvalue weighted by atomic mass is 9.87. The third-order valence-corrected chi connectivity index (χ3v) is 5.16. The molecule has 1 atom stereocenters. The molecule has 1 unspecified atom stereocenters. The minimum absolute atomic E-state index is 0.0741. The molecule has 0 fully saturated rings. The molecule has 0 spiro atoms. The number of benzene rings is 3. The third kappa shape index (κ3) is 4.62. The highest BCUT2D eigenvalue weighted by Gasteiger charge is 2.22. The van der Waals surface area contributed by atoms with Crippen molar-refractivity contribution in [3.63, 3.8) is 0 Å². The van der Waals surface area contributed by atoms with Crippen molar-refractivity contribution in [2.24, 2.45) is 0 Å². The van der Waals surface area contributed by atoms with Crippen molar-refractivity contribution in [2.45, 2.75) is 19.8 Å². The Bertz CT molecular complexity index is 1170. The van der Waals surface area contributed by atoms with Crippen LogP contribution in [0.1, 0.15) is 39.7 Å². The van der Waals surface area contributed by atoms with Crippen molar-refractivity contribution in [3.05, 3.63) is 136 Å². The van der Waals surface area contributed by atoms with Gasteiger partial charge in [0.2, 0.25) is 0 Å². The van der Waals surface area contributed by atoms with Gasteiger partial charge in [0, 0.05) is 11.1 Å². The molecule has 0 saturated heterocycles. The second kappa shape index (κ2) is 9.16. The van der Waals surface area contributed by atoms with Crippen LogP contribution in [0.2, 0.25) is 0 Å². The SMILES string of the molecule is Cc1cc(C(/C(C#Cc2ccccc2)=C/c2ccccc2)c2ccccc2)oc1C. The molecular formula is C29H24O. The number of allylic oxidation sites excluding steroid dienone is 1. The molecule has 1 aromatic heterocycles. The summed E-state index contributed by atoms with van der Waals surface area (Å²) in [5, 5.41) is 0. The summed E-state index contributed by atoms with van der Waals surface area (Å²) in [6, 6.07) is 33.0. The number of aryl methyl sites for hydroxylation is 2. The number of hydrogen-bond acceptors (Lipinski definition) is 1. The van der Waals surface area contributed by atoms with Crippen LogP contribution in [0, 0.1) is 25.7 Å². The van der Waals surface area contributed by atoms with Crippen LogP contribution in [0.25, 0.3) is 6.08 Å². The van der Waals surface area contributed by atoms with Gasteiger partial charge in [-0.05, 0) is 54.8 Å². The topological polar surface area (TPSA) is 13.1 Å². The van der Waals surface area contributed by atoms with Gasteiger partial charge in [0.05, 0.1) is 5.92 Å². The molecule has 4 rings (SSSR count). The Morgan fingerprint density at radius 2 is 1.40 bits per heavy atom. The molecule has 4 aromatic rings. The zero-order chi connectivity index (χ0) is 20.8. The molecule has 0 amide bonds. The van der Waals surface area contributed by atoms with Crippen molar-refractivity contribution in [3.8, 4) is 11.8 Å². The smallest absolute Gasteiger partial charge is 0.116 e. The van der Waals surface area contributed by atoms with Gasteiger partial charge in [-0.1, -0.05) is 90.7 Å². The summed E-state index contributed by atoms with van der Waals surface area (Å²) in [5.74, 6) is 8.60. The van der Waals surface area contributed by atoms with Gasteiger partial charge in [-0.2, -0.15) is 0 Å². The molecule has 0 aliphatic heterocycles. The van der Waals surface area contributed by atoms with E-state index in [1.165, 1.54) is 0 Å². The summed E-state index contributed by atoms with van der Waals surface area (Å²) in [4.78, 5) is 0. The molecule has 1 heteroatoms. The van der Waals surface area contributed by atoms with Crippen LogP contribution < -0.4 is 0 Å². The molecule has 1 nitrogen and oxygen atoms in total. The lowest BCUT2D eigenvalue weighted by Crippen LogP contribution is -2.03. The van der Waals surface area contributed by atoms with Gasteiger partial charge in [0.25, 0.3) is 0 Å². The first-order valence-electron chi connectivity index (χ1n) is 10.2. The highest BCUT2D eigenvalue weighted by Crippen LogP contribution is 2.35. The van der Waals surface area contributed by atoms with Crippen molar-refractivity contribution >= 4 is 6.08 Å². The fourth-order valence-electron chi connectivity index (χ4n) is 3.47. The Kier molecular flexibility index (Phi) is 5.97. The molecule has 3 aromatic carbocycles. The van der Waals surface area contributed by atoms with E-state index in [1.54, 1.807) is 0 Å². The van der Waals surface area contributed by atoms with Crippen LogP contribution in [0.3, 0.4) is 0 Å². The summed E-state index contributed by atoms with van der Waals surface area (Å²) >= 11 is 0. The minimum Gasteiger partial charge on any atom is -0.465 e. The highest BCUT2D eigenvalue weighted by atomic mass is 16.3. The molecule has 0 radical (unpaired) electrons. The first-order valence-corrected chi connectivity index (χ1v) is 10.2. The standard InChI is InChI=1S/C29H24O/c1-22-20-28(30-23(22)2)29(26-16-10-5-11-17-26)27(21-25-14-8-4-9-15-25)19-18-24-12-6-3-7-13-24/h3-17,20-21,29H,1-2H3/b27-21+. The normalized spacial score (nSPS) is 12.1. The van der Waals surface area contributed by atoms with E-state index in [-0.39, 0.29) is 5.92 Å². The summed E-state index contributed by atoms with van der Waals surface area (Å²) in [6.45, 7) is 4.09. The minimum atomic E-state index is -0.0741. The summed E-state index contributed by atoms with van der Waals surface area (Å²) < 4.78 is 6.19. The molecular weight excluding hydrogens is 364 g/mol. The summed E-state index contributed by atoms with van der Waals surface area (Å²) in [5.41, 5.74) is 5.44. The highest BCUT2D eigenvalue weighted by molar-refractivity contribution is 5.64. The van der Waals surface area contributed by atoms with Gasteiger partial charge in [0.1, 0.15) is 11.5 Å². The third-order valence-electron chi connectivity index (χ3n) is 5.16. The second-order valence-corrected chi connectivity index (χ2v) is 7.36. The molecule has 0 bridgehead atoms. The Labute approximate surface area is 178 Å². The first-order chi connectivity index (χ1) is 14.7. The zero-order valence-corrected chi connectivity index (χ0v) is 17.3. The van der Waals surface area contributed by atoms with E-state index in [4.69, 9.17) is 4.42 Å². The maximum atomic E-state index is 6.19. The molecule has 0 aliphatic carbocycles. The Morgan fingerprint density at radius 1 is 0.800 bits per heavy atom. The molecule has 0 aliphatic rings. The van der Waals surface area contributed by atoms with Crippen molar-refractivity contribution in [1.29, 1.82) is 0 Å². The monoisotopic (exact) mass is 388 g/mol. The summed E-state index contributed by atoms with van der Waals surface area (Å²) in [7, 11) is 0. The van der Waals surface area contributed by atoms with Gasteiger partial charge in [-0.25, -0.2) is 0 Å². The van der Waals surface area contributed by atoms with Crippen LogP contribution in [-0.4, -0.2) is 0 Å². The quantitative estimate of drug-likeness (QED) is 0.338. The van der Waals surface area contributed by atoms with Crippen LogP contribution in [-0.2, 0) is 0 Å². The maximum absolute atomic E-state index is 6.19. The number of rotatable bonds is 4. The van der Waals surface area contributed by atoms with Crippen LogP contribution >= 0.6 is 0 Å². The molecule has 1 heterocycles. The predicted octanol–water partition coefficient (Wildman–Crippen LogP) is 7.16. The van der Waals surface area contributed by atoms with E-state index in [2.05, 4.69) is 67.3 Å². The molecule has 0 saturated carbocycles. The van der Waals surface area contributed by atoms with Crippen molar-refractivity contribution in [1.82, 2.24) is 0 Å². The fourth-order valence-corrected chi connectivity index (χ4v) is 3.47. The largest absolute Gasteiger partial charge is 0.465 e. The van der Waals surface area contributed by atoms with E-state index in [0.29, 0.717) is 0 Å². The van der Waals surface area contributed by atoms with E-state index < -0.39 is 0 Å². The Hall–Kier alpha value is -3.76. The van der Waals surface area contributed by atoms with E-state index in [1.807, 2.05) is 61.5 Å². The van der Waals surface area contributed by atoms with Gasteiger partial charge in [-0.3, -0.25) is 0 Å². The lowest BCUT2D eigenvalue weighted by Gasteiger charge is -2.16. The predicted molar refractivity (Wildman–Crippen MR) is 124 cm³/mol. The number of hydrogen-bond donors (Lipinski definition) is 0.